The first-order chi connectivity index (χ1) is 12.0. The van der Waals surface area contributed by atoms with Crippen molar-refractivity contribution < 1.29 is 9.21 Å². The third kappa shape index (κ3) is 4.03. The lowest BCUT2D eigenvalue weighted by Crippen LogP contribution is -2.16. The van der Waals surface area contributed by atoms with Crippen LogP contribution in [0.3, 0.4) is 0 Å². The van der Waals surface area contributed by atoms with Crippen molar-refractivity contribution >= 4 is 17.4 Å². The van der Waals surface area contributed by atoms with Gasteiger partial charge in [-0.3, -0.25) is 4.79 Å². The number of carbonyl (C=O) groups excluding carboxylic acids is 1. The SMILES string of the molecule is Cc1cc(C)c(NC(=O)c2cnc(NCc3ccco3)cn2)c(C)c1. The number of hydrogen-bond acceptors (Lipinski definition) is 5. The van der Waals surface area contributed by atoms with E-state index >= 15 is 0 Å². The summed E-state index contributed by atoms with van der Waals surface area (Å²) in [5.41, 5.74) is 4.30. The summed E-state index contributed by atoms with van der Waals surface area (Å²) in [4.78, 5) is 20.8. The van der Waals surface area contributed by atoms with E-state index < -0.39 is 0 Å². The standard InChI is InChI=1S/C19H20N4O2/c1-12-7-13(2)18(14(3)8-12)23-19(24)16-10-22-17(11-20-16)21-9-15-5-4-6-25-15/h4-8,10-11H,9H2,1-3H3,(H,21,22)(H,23,24). The van der Waals surface area contributed by atoms with Crippen molar-refractivity contribution in [1.29, 1.82) is 0 Å². The van der Waals surface area contributed by atoms with Crippen LogP contribution in [0.15, 0.2) is 47.3 Å². The molecule has 0 spiro atoms. The Kier molecular flexibility index (Phi) is 4.79. The Bertz CT molecular complexity index is 848. The van der Waals surface area contributed by atoms with Gasteiger partial charge < -0.3 is 15.1 Å². The number of rotatable bonds is 5. The van der Waals surface area contributed by atoms with Crippen molar-refractivity contribution in [1.82, 2.24) is 9.97 Å². The molecule has 2 aromatic heterocycles. The Balaban J connectivity index is 1.66. The van der Waals surface area contributed by atoms with Crippen molar-refractivity contribution in [2.45, 2.75) is 27.3 Å². The van der Waals surface area contributed by atoms with Gasteiger partial charge in [0.1, 0.15) is 17.3 Å². The maximum atomic E-state index is 12.4. The molecule has 3 rings (SSSR count). The van der Waals surface area contributed by atoms with Gasteiger partial charge in [-0.15, -0.1) is 0 Å². The van der Waals surface area contributed by atoms with Gasteiger partial charge in [0.25, 0.3) is 5.91 Å². The second-order valence-electron chi connectivity index (χ2n) is 5.95. The zero-order valence-electron chi connectivity index (χ0n) is 14.5. The second-order valence-corrected chi connectivity index (χ2v) is 5.95. The fourth-order valence-electron chi connectivity index (χ4n) is 2.68. The Morgan fingerprint density at radius 1 is 1.12 bits per heavy atom. The molecule has 6 nitrogen and oxygen atoms in total. The third-order valence-corrected chi connectivity index (χ3v) is 3.82. The zero-order valence-corrected chi connectivity index (χ0v) is 14.5. The molecule has 0 aliphatic rings. The number of nitrogens with zero attached hydrogens (tertiary/aromatic N) is 2. The van der Waals surface area contributed by atoms with E-state index in [0.717, 1.165) is 22.6 Å². The van der Waals surface area contributed by atoms with E-state index in [-0.39, 0.29) is 11.6 Å². The lowest BCUT2D eigenvalue weighted by Gasteiger charge is -2.12. The summed E-state index contributed by atoms with van der Waals surface area (Å²) >= 11 is 0. The quantitative estimate of drug-likeness (QED) is 0.739. The zero-order chi connectivity index (χ0) is 17.8. The normalized spacial score (nSPS) is 10.5. The van der Waals surface area contributed by atoms with E-state index in [2.05, 4.69) is 20.6 Å². The highest BCUT2D eigenvalue weighted by molar-refractivity contribution is 6.03. The van der Waals surface area contributed by atoms with E-state index in [4.69, 9.17) is 4.42 Å². The lowest BCUT2D eigenvalue weighted by atomic mass is 10.1. The summed E-state index contributed by atoms with van der Waals surface area (Å²) in [5, 5.41) is 6.01. The van der Waals surface area contributed by atoms with Gasteiger partial charge in [0.05, 0.1) is 25.2 Å². The van der Waals surface area contributed by atoms with Crippen molar-refractivity contribution in [3.8, 4) is 0 Å². The molecule has 1 aromatic carbocycles. The summed E-state index contributed by atoms with van der Waals surface area (Å²) in [6.45, 7) is 6.49. The van der Waals surface area contributed by atoms with Crippen LogP contribution in [0.25, 0.3) is 0 Å². The van der Waals surface area contributed by atoms with Crippen LogP contribution >= 0.6 is 0 Å². The minimum Gasteiger partial charge on any atom is -0.467 e. The fraction of sp³-hybridized carbons (Fsp3) is 0.211. The van der Waals surface area contributed by atoms with Gasteiger partial charge in [-0.25, -0.2) is 9.97 Å². The van der Waals surface area contributed by atoms with Crippen LogP contribution in [-0.4, -0.2) is 15.9 Å². The summed E-state index contributed by atoms with van der Waals surface area (Å²) < 4.78 is 5.24. The topological polar surface area (TPSA) is 80.0 Å². The number of nitrogens with one attached hydrogen (secondary N) is 2. The van der Waals surface area contributed by atoms with Gasteiger partial charge in [0, 0.05) is 5.69 Å². The largest absolute Gasteiger partial charge is 0.467 e. The van der Waals surface area contributed by atoms with Gasteiger partial charge >= 0.3 is 0 Å². The van der Waals surface area contributed by atoms with Crippen LogP contribution in [0.5, 0.6) is 0 Å². The van der Waals surface area contributed by atoms with Gasteiger partial charge in [-0.05, 0) is 44.0 Å². The second kappa shape index (κ2) is 7.17. The Hall–Kier alpha value is -3.15. The predicted octanol–water partition coefficient (Wildman–Crippen LogP) is 3.86. The summed E-state index contributed by atoms with van der Waals surface area (Å²) in [6, 6.07) is 7.77. The molecule has 0 atom stereocenters. The molecular formula is C19H20N4O2. The number of amides is 1. The molecule has 3 aromatic rings. The van der Waals surface area contributed by atoms with Gasteiger partial charge in [0.15, 0.2) is 0 Å². The molecule has 0 fully saturated rings. The van der Waals surface area contributed by atoms with Crippen molar-refractivity contribution in [3.05, 3.63) is 71.1 Å². The molecule has 0 saturated heterocycles. The van der Waals surface area contributed by atoms with Crippen LogP contribution in [0.1, 0.15) is 32.9 Å². The molecule has 0 unspecified atom stereocenters. The number of aromatic nitrogens is 2. The van der Waals surface area contributed by atoms with Crippen LogP contribution in [0, 0.1) is 20.8 Å². The highest BCUT2D eigenvalue weighted by Gasteiger charge is 2.12. The Labute approximate surface area is 146 Å². The Morgan fingerprint density at radius 2 is 1.88 bits per heavy atom. The average molecular weight is 336 g/mol. The molecule has 6 heteroatoms. The van der Waals surface area contributed by atoms with Gasteiger partial charge in [0.2, 0.25) is 0 Å². The highest BCUT2D eigenvalue weighted by Crippen LogP contribution is 2.22. The maximum absolute atomic E-state index is 12.4. The lowest BCUT2D eigenvalue weighted by molar-refractivity contribution is 0.102. The average Bonchev–Trinajstić information content (AvgIpc) is 3.10. The number of aryl methyl sites for hydroxylation is 3. The molecule has 2 N–H and O–H groups in total. The summed E-state index contributed by atoms with van der Waals surface area (Å²) in [5.74, 6) is 1.10. The van der Waals surface area contributed by atoms with Gasteiger partial charge in [-0.2, -0.15) is 0 Å². The molecule has 0 saturated carbocycles. The van der Waals surface area contributed by atoms with E-state index in [1.54, 1.807) is 6.26 Å². The van der Waals surface area contributed by atoms with Crippen LogP contribution < -0.4 is 10.6 Å². The summed E-state index contributed by atoms with van der Waals surface area (Å²) in [7, 11) is 0. The highest BCUT2D eigenvalue weighted by atomic mass is 16.3. The van der Waals surface area contributed by atoms with Crippen LogP contribution in [0.4, 0.5) is 11.5 Å². The smallest absolute Gasteiger partial charge is 0.275 e. The Morgan fingerprint density at radius 3 is 2.48 bits per heavy atom. The van der Waals surface area contributed by atoms with E-state index in [1.807, 2.05) is 45.0 Å². The van der Waals surface area contributed by atoms with Crippen molar-refractivity contribution in [2.75, 3.05) is 10.6 Å². The monoisotopic (exact) mass is 336 g/mol. The van der Waals surface area contributed by atoms with Crippen molar-refractivity contribution in [3.63, 3.8) is 0 Å². The molecule has 0 aliphatic carbocycles. The summed E-state index contributed by atoms with van der Waals surface area (Å²) in [6.07, 6.45) is 4.61. The molecule has 0 aliphatic heterocycles. The first-order valence-electron chi connectivity index (χ1n) is 8.00. The maximum Gasteiger partial charge on any atom is 0.275 e. The molecule has 128 valence electrons. The minimum atomic E-state index is -0.278. The van der Waals surface area contributed by atoms with E-state index in [9.17, 15) is 4.79 Å². The molecular weight excluding hydrogens is 316 g/mol. The number of carbonyl (C=O) groups is 1. The van der Waals surface area contributed by atoms with Crippen LogP contribution in [-0.2, 0) is 6.54 Å². The number of hydrogen-bond donors (Lipinski definition) is 2. The van der Waals surface area contributed by atoms with E-state index in [0.29, 0.717) is 12.4 Å². The number of benzene rings is 1. The molecule has 0 bridgehead atoms. The number of furan rings is 1. The van der Waals surface area contributed by atoms with Crippen LogP contribution in [0.2, 0.25) is 0 Å². The molecule has 25 heavy (non-hydrogen) atoms. The first-order valence-corrected chi connectivity index (χ1v) is 8.00. The molecule has 1 amide bonds. The first kappa shape index (κ1) is 16.7. The van der Waals surface area contributed by atoms with Gasteiger partial charge in [-0.1, -0.05) is 17.7 Å². The predicted molar refractivity (Wildman–Crippen MR) is 96.7 cm³/mol. The molecule has 0 radical (unpaired) electrons. The number of anilines is 2. The fourth-order valence-corrected chi connectivity index (χ4v) is 2.68. The van der Waals surface area contributed by atoms with Crippen molar-refractivity contribution in [2.24, 2.45) is 0 Å². The van der Waals surface area contributed by atoms with E-state index in [1.165, 1.54) is 18.0 Å². The minimum absolute atomic E-state index is 0.267. The third-order valence-electron chi connectivity index (χ3n) is 3.82. The molecule has 2 heterocycles.